The zero-order valence-corrected chi connectivity index (χ0v) is 12.7. The van der Waals surface area contributed by atoms with Crippen molar-refractivity contribution >= 4 is 34.4 Å². The highest BCUT2D eigenvalue weighted by molar-refractivity contribution is 6.34. The molecule has 1 N–H and O–H groups in total. The molecular formula is C15H11ClN4O3. The van der Waals surface area contributed by atoms with Crippen molar-refractivity contribution < 1.29 is 14.7 Å². The van der Waals surface area contributed by atoms with Gasteiger partial charge < -0.3 is 9.94 Å². The first kappa shape index (κ1) is 15.0. The molecule has 0 saturated heterocycles. The van der Waals surface area contributed by atoms with Crippen molar-refractivity contribution in [3.05, 3.63) is 58.6 Å². The summed E-state index contributed by atoms with van der Waals surface area (Å²) in [7, 11) is 1.27. The third-order valence-corrected chi connectivity index (χ3v) is 3.58. The van der Waals surface area contributed by atoms with E-state index in [1.54, 1.807) is 24.3 Å². The summed E-state index contributed by atoms with van der Waals surface area (Å²) in [4.78, 5) is 11.8. The van der Waals surface area contributed by atoms with Gasteiger partial charge in [-0.2, -0.15) is 4.68 Å². The van der Waals surface area contributed by atoms with E-state index in [1.165, 1.54) is 23.9 Å². The molecule has 0 fully saturated rings. The molecular weight excluding hydrogens is 320 g/mol. The third-order valence-electron chi connectivity index (χ3n) is 3.27. The molecule has 0 saturated carbocycles. The topological polar surface area (TPSA) is 89.6 Å². The van der Waals surface area contributed by atoms with Crippen LogP contribution in [0.15, 0.2) is 47.6 Å². The van der Waals surface area contributed by atoms with Crippen LogP contribution in [0.3, 0.4) is 0 Å². The van der Waals surface area contributed by atoms with Gasteiger partial charge in [0.15, 0.2) is 0 Å². The Kier molecular flexibility index (Phi) is 3.94. The number of hydrogen-bond donors (Lipinski definition) is 1. The van der Waals surface area contributed by atoms with Crippen molar-refractivity contribution in [3.63, 3.8) is 0 Å². The fourth-order valence-electron chi connectivity index (χ4n) is 2.17. The molecule has 116 valence electrons. The van der Waals surface area contributed by atoms with E-state index >= 15 is 0 Å². The summed E-state index contributed by atoms with van der Waals surface area (Å²) in [6.45, 7) is 0. The van der Waals surface area contributed by atoms with Crippen LogP contribution in [-0.2, 0) is 4.74 Å². The van der Waals surface area contributed by atoms with E-state index in [9.17, 15) is 10.0 Å². The van der Waals surface area contributed by atoms with Crippen LogP contribution in [0.4, 0.5) is 0 Å². The summed E-state index contributed by atoms with van der Waals surface area (Å²) in [6.07, 6.45) is 0. The maximum atomic E-state index is 11.8. The van der Waals surface area contributed by atoms with Crippen LogP contribution in [0.1, 0.15) is 15.9 Å². The maximum absolute atomic E-state index is 11.8. The Morgan fingerprint density at radius 1 is 1.30 bits per heavy atom. The fourth-order valence-corrected chi connectivity index (χ4v) is 2.41. The largest absolute Gasteiger partial charge is 0.465 e. The Balaban J connectivity index is 2.20. The average molecular weight is 331 g/mol. The first-order valence-electron chi connectivity index (χ1n) is 6.57. The molecule has 7 nitrogen and oxygen atoms in total. The highest BCUT2D eigenvalue weighted by atomic mass is 35.5. The minimum atomic E-state index is -0.577. The Morgan fingerprint density at radius 3 is 2.70 bits per heavy atom. The normalized spacial score (nSPS) is 11.7. The van der Waals surface area contributed by atoms with Crippen LogP contribution < -0.4 is 0 Å². The van der Waals surface area contributed by atoms with Gasteiger partial charge in [0.2, 0.25) is 5.84 Å². The van der Waals surface area contributed by atoms with E-state index in [-0.39, 0.29) is 16.4 Å². The third kappa shape index (κ3) is 2.62. The number of fused-ring (bicyclic) bond motifs is 1. The number of benzene rings is 2. The number of rotatable bonds is 2. The van der Waals surface area contributed by atoms with Crippen LogP contribution >= 0.6 is 11.6 Å². The van der Waals surface area contributed by atoms with Crippen LogP contribution in [0.2, 0.25) is 5.02 Å². The molecule has 0 radical (unpaired) electrons. The second kappa shape index (κ2) is 6.05. The predicted octanol–water partition coefficient (Wildman–Crippen LogP) is 2.56. The highest BCUT2D eigenvalue weighted by Gasteiger charge is 2.18. The van der Waals surface area contributed by atoms with Crippen molar-refractivity contribution in [1.82, 2.24) is 15.0 Å². The van der Waals surface area contributed by atoms with Crippen molar-refractivity contribution in [2.75, 3.05) is 7.11 Å². The van der Waals surface area contributed by atoms with E-state index in [1.807, 2.05) is 6.07 Å². The smallest absolute Gasteiger partial charge is 0.339 e. The van der Waals surface area contributed by atoms with E-state index in [2.05, 4.69) is 15.5 Å². The van der Waals surface area contributed by atoms with Crippen LogP contribution in [0, 0.1) is 0 Å². The van der Waals surface area contributed by atoms with E-state index in [4.69, 9.17) is 16.3 Å². The lowest BCUT2D eigenvalue weighted by atomic mass is 10.1. The summed E-state index contributed by atoms with van der Waals surface area (Å²) in [6, 6.07) is 12.0. The van der Waals surface area contributed by atoms with E-state index in [0.29, 0.717) is 16.6 Å². The summed E-state index contributed by atoms with van der Waals surface area (Å²) < 4.78 is 6.03. The number of esters is 1. The Hall–Kier alpha value is -2.93. The zero-order valence-electron chi connectivity index (χ0n) is 12.0. The van der Waals surface area contributed by atoms with Gasteiger partial charge in [-0.25, -0.2) is 4.79 Å². The SMILES string of the molecule is COC(=O)c1cc2c(cc1Cl)nnn2/C(=N\O)c1ccccc1. The molecule has 0 spiro atoms. The lowest BCUT2D eigenvalue weighted by molar-refractivity contribution is 0.0601. The van der Waals surface area contributed by atoms with Crippen molar-refractivity contribution in [1.29, 1.82) is 0 Å². The number of hydrogen-bond acceptors (Lipinski definition) is 6. The predicted molar refractivity (Wildman–Crippen MR) is 84.0 cm³/mol. The number of oxime groups is 1. The van der Waals surface area contributed by atoms with Gasteiger partial charge in [0, 0.05) is 5.56 Å². The van der Waals surface area contributed by atoms with Gasteiger partial charge in [0.1, 0.15) is 5.52 Å². The minimum Gasteiger partial charge on any atom is -0.465 e. The van der Waals surface area contributed by atoms with Gasteiger partial charge in [0.25, 0.3) is 0 Å². The molecule has 8 heteroatoms. The number of methoxy groups -OCH3 is 1. The Bertz CT molecular complexity index is 906. The van der Waals surface area contributed by atoms with Crippen molar-refractivity contribution in [2.45, 2.75) is 0 Å². The van der Waals surface area contributed by atoms with Gasteiger partial charge in [-0.15, -0.1) is 5.10 Å². The van der Waals surface area contributed by atoms with Crippen molar-refractivity contribution in [2.24, 2.45) is 5.16 Å². The number of aromatic nitrogens is 3. The minimum absolute atomic E-state index is 0.172. The first-order valence-corrected chi connectivity index (χ1v) is 6.94. The van der Waals surface area contributed by atoms with Gasteiger partial charge in [-0.05, 0) is 12.1 Å². The summed E-state index contributed by atoms with van der Waals surface area (Å²) in [5, 5.41) is 20.8. The van der Waals surface area contributed by atoms with E-state index in [0.717, 1.165) is 0 Å². The fraction of sp³-hybridized carbons (Fsp3) is 0.0667. The van der Waals surface area contributed by atoms with Crippen LogP contribution in [0.5, 0.6) is 0 Å². The Labute approximate surface area is 135 Å². The standard InChI is InChI=1S/C15H11ClN4O3/c1-23-15(21)10-7-13-12(8-11(10)16)17-19-20(13)14(18-22)9-5-3-2-4-6-9/h2-8,22H,1H3/b18-14-. The molecule has 2 aromatic carbocycles. The zero-order chi connectivity index (χ0) is 16.4. The van der Waals surface area contributed by atoms with E-state index < -0.39 is 5.97 Å². The number of ether oxygens (including phenoxy) is 1. The maximum Gasteiger partial charge on any atom is 0.339 e. The van der Waals surface area contributed by atoms with Crippen molar-refractivity contribution in [3.8, 4) is 0 Å². The molecule has 1 aromatic heterocycles. The van der Waals surface area contributed by atoms with Gasteiger partial charge >= 0.3 is 5.97 Å². The molecule has 1 heterocycles. The second-order valence-electron chi connectivity index (χ2n) is 4.60. The molecule has 0 aliphatic carbocycles. The summed E-state index contributed by atoms with van der Waals surface area (Å²) in [5.41, 5.74) is 1.73. The number of carbonyl (C=O) groups excluding carboxylic acids is 1. The van der Waals surface area contributed by atoms with Crippen LogP contribution in [-0.4, -0.2) is 39.1 Å². The van der Waals surface area contributed by atoms with Crippen LogP contribution in [0.25, 0.3) is 11.0 Å². The quantitative estimate of drug-likeness (QED) is 0.256. The first-order chi connectivity index (χ1) is 11.2. The molecule has 0 unspecified atom stereocenters. The number of halogens is 1. The molecule has 0 amide bonds. The summed E-state index contributed by atoms with van der Waals surface area (Å²) >= 11 is 6.06. The van der Waals surface area contributed by atoms with Gasteiger partial charge in [-0.1, -0.05) is 52.3 Å². The molecule has 0 atom stereocenters. The molecule has 0 aliphatic rings. The molecule has 3 aromatic rings. The molecule has 23 heavy (non-hydrogen) atoms. The van der Waals surface area contributed by atoms with Gasteiger partial charge in [0.05, 0.1) is 23.2 Å². The monoisotopic (exact) mass is 330 g/mol. The second-order valence-corrected chi connectivity index (χ2v) is 5.01. The Morgan fingerprint density at radius 2 is 2.04 bits per heavy atom. The number of carbonyl (C=O) groups is 1. The van der Waals surface area contributed by atoms with Gasteiger partial charge in [-0.3, -0.25) is 0 Å². The molecule has 3 rings (SSSR count). The lowest BCUT2D eigenvalue weighted by Gasteiger charge is -2.06. The number of nitrogens with zero attached hydrogens (tertiary/aromatic N) is 4. The lowest BCUT2D eigenvalue weighted by Crippen LogP contribution is -2.15. The molecule has 0 aliphatic heterocycles. The average Bonchev–Trinajstić information content (AvgIpc) is 2.98. The molecule has 0 bridgehead atoms. The summed E-state index contributed by atoms with van der Waals surface area (Å²) in [5.74, 6) is -0.405. The highest BCUT2D eigenvalue weighted by Crippen LogP contribution is 2.24.